The monoisotopic (exact) mass is 147 g/mol. The molecule has 1 atom stereocenters. The van der Waals surface area contributed by atoms with Crippen molar-refractivity contribution in [3.63, 3.8) is 0 Å². The van der Waals surface area contributed by atoms with E-state index in [-0.39, 0.29) is 11.5 Å². The Labute approximate surface area is 59.4 Å². The minimum atomic E-state index is -0.252. The van der Waals surface area contributed by atoms with Crippen LogP contribution in [0.15, 0.2) is 0 Å². The van der Waals surface area contributed by atoms with Crippen LogP contribution in [0.2, 0.25) is 0 Å². The van der Waals surface area contributed by atoms with Gasteiger partial charge in [-0.05, 0) is 6.92 Å². The molecule has 1 aliphatic rings. The van der Waals surface area contributed by atoms with E-state index >= 15 is 0 Å². The van der Waals surface area contributed by atoms with Gasteiger partial charge in [0.05, 0.1) is 11.9 Å². The third-order valence-corrected chi connectivity index (χ3v) is 1.52. The lowest BCUT2D eigenvalue weighted by Crippen LogP contribution is -2.29. The third kappa shape index (κ3) is 1.30. The fraction of sp³-hybridized carbons (Fsp3) is 0.800. The Bertz CT molecular complexity index is 126. The highest BCUT2D eigenvalue weighted by atomic mass is 32.1. The number of cyclic esters (lactones) is 1. The van der Waals surface area contributed by atoms with E-state index in [0.29, 0.717) is 13.2 Å². The molecule has 0 aromatic carbocycles. The molecule has 1 amide bonds. The Kier molecular flexibility index (Phi) is 1.85. The van der Waals surface area contributed by atoms with Gasteiger partial charge in [0, 0.05) is 0 Å². The maximum atomic E-state index is 10.7. The van der Waals surface area contributed by atoms with E-state index in [0.717, 1.165) is 0 Å². The third-order valence-electron chi connectivity index (χ3n) is 1.24. The van der Waals surface area contributed by atoms with E-state index in [1.54, 1.807) is 4.90 Å². The zero-order valence-electron chi connectivity index (χ0n) is 5.20. The second-order valence-electron chi connectivity index (χ2n) is 1.94. The molecule has 1 fully saturated rings. The topological polar surface area (TPSA) is 29.5 Å². The average molecular weight is 147 g/mol. The van der Waals surface area contributed by atoms with E-state index in [4.69, 9.17) is 0 Å². The lowest BCUT2D eigenvalue weighted by molar-refractivity contribution is 0.157. The summed E-state index contributed by atoms with van der Waals surface area (Å²) in [6, 6.07) is 0. The summed E-state index contributed by atoms with van der Waals surface area (Å²) in [4.78, 5) is 12.2. The molecule has 1 rings (SSSR count). The summed E-state index contributed by atoms with van der Waals surface area (Å²) in [7, 11) is 0. The van der Waals surface area contributed by atoms with E-state index < -0.39 is 0 Å². The second-order valence-corrected chi connectivity index (χ2v) is 2.69. The van der Waals surface area contributed by atoms with Crippen molar-refractivity contribution in [2.75, 3.05) is 13.2 Å². The average Bonchev–Trinajstić information content (AvgIpc) is 2.13. The summed E-state index contributed by atoms with van der Waals surface area (Å²) < 4.78 is 4.66. The van der Waals surface area contributed by atoms with Crippen LogP contribution >= 0.6 is 12.6 Å². The molecule has 1 unspecified atom stereocenters. The van der Waals surface area contributed by atoms with Gasteiger partial charge in [-0.1, -0.05) is 0 Å². The number of amides is 1. The smallest absolute Gasteiger partial charge is 0.410 e. The summed E-state index contributed by atoms with van der Waals surface area (Å²) in [6.45, 7) is 3.02. The van der Waals surface area contributed by atoms with Crippen LogP contribution in [-0.4, -0.2) is 29.5 Å². The fourth-order valence-electron chi connectivity index (χ4n) is 0.745. The molecule has 1 heterocycles. The first-order chi connectivity index (χ1) is 4.22. The van der Waals surface area contributed by atoms with Gasteiger partial charge in [-0.25, -0.2) is 4.79 Å². The molecule has 1 aliphatic heterocycles. The number of carbonyl (C=O) groups is 1. The first kappa shape index (κ1) is 6.74. The Hall–Kier alpha value is -0.380. The molecule has 0 aromatic rings. The molecule has 9 heavy (non-hydrogen) atoms. The minimum absolute atomic E-state index is 0.0278. The molecule has 4 heteroatoms. The molecule has 0 saturated carbocycles. The van der Waals surface area contributed by atoms with Gasteiger partial charge in [-0.15, -0.1) is 0 Å². The Morgan fingerprint density at radius 2 is 2.56 bits per heavy atom. The molecular weight excluding hydrogens is 138 g/mol. The predicted octanol–water partition coefficient (Wildman–Crippen LogP) is 0.714. The van der Waals surface area contributed by atoms with Crippen LogP contribution in [0.25, 0.3) is 0 Å². The molecule has 0 radical (unpaired) electrons. The lowest BCUT2D eigenvalue weighted by atomic mass is 10.6. The Morgan fingerprint density at radius 3 is 2.78 bits per heavy atom. The van der Waals surface area contributed by atoms with Crippen LogP contribution in [0.4, 0.5) is 4.79 Å². The van der Waals surface area contributed by atoms with E-state index in [2.05, 4.69) is 17.4 Å². The number of hydrogen-bond donors (Lipinski definition) is 1. The maximum Gasteiger partial charge on any atom is 0.410 e. The zero-order chi connectivity index (χ0) is 6.85. The highest BCUT2D eigenvalue weighted by molar-refractivity contribution is 7.80. The number of nitrogens with zero attached hydrogens (tertiary/aromatic N) is 1. The molecule has 52 valence electrons. The van der Waals surface area contributed by atoms with Crippen molar-refractivity contribution in [3.05, 3.63) is 0 Å². The van der Waals surface area contributed by atoms with Crippen LogP contribution in [0.3, 0.4) is 0 Å². The molecule has 0 aromatic heterocycles. The highest BCUT2D eigenvalue weighted by Gasteiger charge is 2.24. The number of hydrogen-bond acceptors (Lipinski definition) is 3. The first-order valence-electron chi connectivity index (χ1n) is 2.83. The molecule has 1 saturated heterocycles. The van der Waals surface area contributed by atoms with Gasteiger partial charge < -0.3 is 4.74 Å². The SMILES string of the molecule is CC(S)N1CCOC1=O. The van der Waals surface area contributed by atoms with Crippen molar-refractivity contribution in [1.82, 2.24) is 4.90 Å². The number of thiol groups is 1. The molecule has 0 bridgehead atoms. The normalized spacial score (nSPS) is 22.0. The summed E-state index contributed by atoms with van der Waals surface area (Å²) in [5.41, 5.74) is 0. The summed E-state index contributed by atoms with van der Waals surface area (Å²) >= 11 is 4.08. The highest BCUT2D eigenvalue weighted by Crippen LogP contribution is 2.09. The van der Waals surface area contributed by atoms with E-state index in [9.17, 15) is 4.79 Å². The van der Waals surface area contributed by atoms with Crippen LogP contribution in [0.1, 0.15) is 6.92 Å². The number of rotatable bonds is 1. The summed E-state index contributed by atoms with van der Waals surface area (Å²) in [5.74, 6) is 0. The second kappa shape index (κ2) is 2.47. The molecule has 0 spiro atoms. The molecule has 0 aliphatic carbocycles. The van der Waals surface area contributed by atoms with Crippen LogP contribution in [0, 0.1) is 0 Å². The Morgan fingerprint density at radius 1 is 1.89 bits per heavy atom. The largest absolute Gasteiger partial charge is 0.447 e. The van der Waals surface area contributed by atoms with Gasteiger partial charge in [0.15, 0.2) is 0 Å². The minimum Gasteiger partial charge on any atom is -0.447 e. The van der Waals surface area contributed by atoms with Crippen LogP contribution < -0.4 is 0 Å². The number of ether oxygens (including phenoxy) is 1. The van der Waals surface area contributed by atoms with Gasteiger partial charge in [-0.3, -0.25) is 4.90 Å². The predicted molar refractivity (Wildman–Crippen MR) is 36.5 cm³/mol. The van der Waals surface area contributed by atoms with Gasteiger partial charge in [0.25, 0.3) is 0 Å². The van der Waals surface area contributed by atoms with Gasteiger partial charge in [0.2, 0.25) is 0 Å². The van der Waals surface area contributed by atoms with Gasteiger partial charge >= 0.3 is 6.09 Å². The standard InChI is InChI=1S/C5H9NO2S/c1-4(9)6-2-3-8-5(6)7/h4,9H,2-3H2,1H3. The van der Waals surface area contributed by atoms with Crippen molar-refractivity contribution in [3.8, 4) is 0 Å². The summed E-state index contributed by atoms with van der Waals surface area (Å²) in [6.07, 6.45) is -0.252. The van der Waals surface area contributed by atoms with Gasteiger partial charge in [-0.2, -0.15) is 12.6 Å². The summed E-state index contributed by atoms with van der Waals surface area (Å²) in [5, 5.41) is -0.0278. The molecular formula is C5H9NO2S. The fourth-order valence-corrected chi connectivity index (χ4v) is 0.955. The first-order valence-corrected chi connectivity index (χ1v) is 3.35. The molecule has 0 N–H and O–H groups in total. The quantitative estimate of drug-likeness (QED) is 0.554. The van der Waals surface area contributed by atoms with E-state index in [1.807, 2.05) is 6.92 Å². The van der Waals surface area contributed by atoms with Crippen molar-refractivity contribution in [2.45, 2.75) is 12.3 Å². The molecule has 3 nitrogen and oxygen atoms in total. The van der Waals surface area contributed by atoms with Crippen molar-refractivity contribution in [1.29, 1.82) is 0 Å². The van der Waals surface area contributed by atoms with Crippen LogP contribution in [-0.2, 0) is 4.74 Å². The van der Waals surface area contributed by atoms with Crippen molar-refractivity contribution >= 4 is 18.7 Å². The lowest BCUT2D eigenvalue weighted by Gasteiger charge is -2.15. The van der Waals surface area contributed by atoms with Gasteiger partial charge in [0.1, 0.15) is 6.61 Å². The van der Waals surface area contributed by atoms with Crippen molar-refractivity contribution in [2.24, 2.45) is 0 Å². The van der Waals surface area contributed by atoms with Crippen molar-refractivity contribution < 1.29 is 9.53 Å². The number of carbonyl (C=O) groups excluding carboxylic acids is 1. The maximum absolute atomic E-state index is 10.7. The Balaban J connectivity index is 2.49. The van der Waals surface area contributed by atoms with E-state index in [1.165, 1.54) is 0 Å². The zero-order valence-corrected chi connectivity index (χ0v) is 6.10. The van der Waals surface area contributed by atoms with Crippen LogP contribution in [0.5, 0.6) is 0 Å².